The number of benzene rings is 2. The van der Waals surface area contributed by atoms with Crippen molar-refractivity contribution in [3.8, 4) is 11.5 Å². The number of hydrogen-bond donors (Lipinski definition) is 2. The molecule has 0 unspecified atom stereocenters. The quantitative estimate of drug-likeness (QED) is 0.317. The smallest absolute Gasteiger partial charge is 0.759 e. The summed E-state index contributed by atoms with van der Waals surface area (Å²) in [5, 5.41) is 18.6. The maximum Gasteiger partial charge on any atom is 1.00 e. The van der Waals surface area contributed by atoms with E-state index in [-0.39, 0.29) is 76.0 Å². The van der Waals surface area contributed by atoms with Crippen molar-refractivity contribution < 1.29 is 86.9 Å². The van der Waals surface area contributed by atoms with Crippen molar-refractivity contribution in [2.45, 2.75) is 19.3 Å². The summed E-state index contributed by atoms with van der Waals surface area (Å²) in [5.74, 6) is 0.547. The second-order valence-corrected chi connectivity index (χ2v) is 5.94. The molecule has 0 aliphatic carbocycles. The molecule has 0 radical (unpaired) electrons. The van der Waals surface area contributed by atoms with Gasteiger partial charge in [0.2, 0.25) is 0 Å². The van der Waals surface area contributed by atoms with Crippen LogP contribution >= 0.6 is 0 Å². The number of rotatable bonds is 2. The van der Waals surface area contributed by atoms with E-state index in [1.807, 2.05) is 24.3 Å². The fourth-order valence-corrected chi connectivity index (χ4v) is 1.92. The number of aromatic hydroxyl groups is 2. The van der Waals surface area contributed by atoms with Crippen LogP contribution in [0.3, 0.4) is 0 Å². The molecule has 0 atom stereocenters. The minimum absolute atomic E-state index is 0. The zero-order valence-electron chi connectivity index (χ0n) is 14.1. The Balaban J connectivity index is 0. The van der Waals surface area contributed by atoms with Gasteiger partial charge in [0.25, 0.3) is 0 Å². The average Bonchev–Trinajstić information content (AvgIpc) is 2.38. The third-order valence-corrected chi connectivity index (χ3v) is 3.18. The van der Waals surface area contributed by atoms with Gasteiger partial charge >= 0.3 is 59.1 Å². The molecule has 2 aromatic carbocycles. The van der Waals surface area contributed by atoms with Gasteiger partial charge in [-0.25, -0.2) is 0 Å². The van der Waals surface area contributed by atoms with Crippen LogP contribution in [0, 0.1) is 0 Å². The van der Waals surface area contributed by atoms with Gasteiger partial charge < -0.3 is 19.3 Å². The van der Waals surface area contributed by atoms with Gasteiger partial charge in [-0.05, 0) is 35.4 Å². The van der Waals surface area contributed by atoms with E-state index in [0.717, 1.165) is 11.1 Å². The van der Waals surface area contributed by atoms with Crippen LogP contribution in [0.4, 0.5) is 0 Å². The molecule has 0 saturated carbocycles. The van der Waals surface area contributed by atoms with E-state index in [1.165, 1.54) is 0 Å². The molecule has 2 N–H and O–H groups in total. The summed E-state index contributed by atoms with van der Waals surface area (Å²) in [6, 6.07) is 14.4. The zero-order chi connectivity index (χ0) is 17.0. The topological polar surface area (TPSA) is 121 Å². The summed E-state index contributed by atoms with van der Waals surface area (Å²) in [5.41, 5.74) is 2.10. The molecular weight excluding hydrogens is 354 g/mol. The molecule has 120 valence electrons. The number of phenols is 2. The van der Waals surface area contributed by atoms with Gasteiger partial charge in [-0.15, -0.1) is 0 Å². The molecule has 0 heterocycles. The summed E-state index contributed by atoms with van der Waals surface area (Å²) < 4.78 is 34.1. The SMILES string of the molecule is CC(C)(c1ccc(O)cc1)c1ccc(O)cc1.O=S(=O)([O-])[O-].[Na+].[Na+]. The van der Waals surface area contributed by atoms with Gasteiger partial charge in [0, 0.05) is 15.8 Å². The molecule has 0 amide bonds. The summed E-state index contributed by atoms with van der Waals surface area (Å²) in [4.78, 5) is 0. The van der Waals surface area contributed by atoms with Crippen LogP contribution in [0.2, 0.25) is 0 Å². The van der Waals surface area contributed by atoms with Crippen molar-refractivity contribution in [1.29, 1.82) is 0 Å². The first-order chi connectivity index (χ1) is 10.00. The Morgan fingerprint density at radius 2 is 0.958 bits per heavy atom. The minimum atomic E-state index is -5.17. The van der Waals surface area contributed by atoms with E-state index in [0.29, 0.717) is 0 Å². The summed E-state index contributed by atoms with van der Waals surface area (Å²) in [7, 11) is -5.17. The van der Waals surface area contributed by atoms with Gasteiger partial charge in [0.15, 0.2) is 0 Å². The maximum atomic E-state index is 9.30. The van der Waals surface area contributed by atoms with Gasteiger partial charge in [-0.3, -0.25) is 8.42 Å². The Bertz CT molecular complexity index is 657. The van der Waals surface area contributed by atoms with Crippen molar-refractivity contribution in [1.82, 2.24) is 0 Å². The van der Waals surface area contributed by atoms with Gasteiger partial charge in [0.05, 0.1) is 0 Å². The van der Waals surface area contributed by atoms with Gasteiger partial charge in [-0.2, -0.15) is 0 Å². The molecule has 6 nitrogen and oxygen atoms in total. The van der Waals surface area contributed by atoms with Crippen molar-refractivity contribution in [2.75, 3.05) is 0 Å². The Labute approximate surface area is 186 Å². The Morgan fingerprint density at radius 1 is 0.750 bits per heavy atom. The van der Waals surface area contributed by atoms with Crippen LogP contribution in [0.5, 0.6) is 11.5 Å². The Kier molecular flexibility index (Phi) is 11.8. The number of hydrogen-bond acceptors (Lipinski definition) is 6. The Hall–Kier alpha value is -0.0900. The molecule has 24 heavy (non-hydrogen) atoms. The molecule has 2 aromatic rings. The predicted molar refractivity (Wildman–Crippen MR) is 78.8 cm³/mol. The normalized spacial score (nSPS) is 10.5. The van der Waals surface area contributed by atoms with E-state index in [2.05, 4.69) is 13.8 Å². The maximum absolute atomic E-state index is 9.30. The first kappa shape index (κ1) is 26.1. The monoisotopic (exact) mass is 370 g/mol. The molecule has 0 aliphatic heterocycles. The molecule has 0 spiro atoms. The van der Waals surface area contributed by atoms with Crippen molar-refractivity contribution in [3.63, 3.8) is 0 Å². The first-order valence-electron chi connectivity index (χ1n) is 6.26. The van der Waals surface area contributed by atoms with E-state index in [4.69, 9.17) is 17.5 Å². The van der Waals surface area contributed by atoms with E-state index >= 15 is 0 Å². The van der Waals surface area contributed by atoms with Crippen molar-refractivity contribution in [3.05, 3.63) is 59.7 Å². The molecule has 0 aromatic heterocycles. The third kappa shape index (κ3) is 9.41. The zero-order valence-corrected chi connectivity index (χ0v) is 18.9. The van der Waals surface area contributed by atoms with Gasteiger partial charge in [-0.1, -0.05) is 38.1 Å². The fourth-order valence-electron chi connectivity index (χ4n) is 1.92. The van der Waals surface area contributed by atoms with E-state index in [1.54, 1.807) is 24.3 Å². The van der Waals surface area contributed by atoms with Crippen LogP contribution in [-0.2, 0) is 15.8 Å². The summed E-state index contributed by atoms with van der Waals surface area (Å²) >= 11 is 0. The van der Waals surface area contributed by atoms with E-state index < -0.39 is 10.4 Å². The molecule has 0 bridgehead atoms. The second kappa shape index (κ2) is 10.8. The third-order valence-electron chi connectivity index (χ3n) is 3.18. The summed E-state index contributed by atoms with van der Waals surface area (Å²) in [6.07, 6.45) is 0. The Morgan fingerprint density at radius 3 is 1.17 bits per heavy atom. The predicted octanol–water partition coefficient (Wildman–Crippen LogP) is -3.91. The molecule has 0 fully saturated rings. The molecule has 9 heteroatoms. The molecular formula is C15H16Na2O6S. The van der Waals surface area contributed by atoms with Gasteiger partial charge in [0.1, 0.15) is 11.5 Å². The van der Waals surface area contributed by atoms with Crippen LogP contribution in [0.25, 0.3) is 0 Å². The van der Waals surface area contributed by atoms with Crippen LogP contribution in [-0.4, -0.2) is 27.7 Å². The minimum Gasteiger partial charge on any atom is -0.759 e. The average molecular weight is 370 g/mol. The van der Waals surface area contributed by atoms with Crippen molar-refractivity contribution >= 4 is 10.4 Å². The second-order valence-electron chi connectivity index (χ2n) is 5.13. The first-order valence-corrected chi connectivity index (χ1v) is 7.59. The summed E-state index contributed by atoms with van der Waals surface area (Å²) in [6.45, 7) is 4.23. The fraction of sp³-hybridized carbons (Fsp3) is 0.200. The molecule has 2 rings (SSSR count). The van der Waals surface area contributed by atoms with Crippen LogP contribution < -0.4 is 59.1 Å². The van der Waals surface area contributed by atoms with Crippen molar-refractivity contribution in [2.24, 2.45) is 0 Å². The van der Waals surface area contributed by atoms with E-state index in [9.17, 15) is 10.2 Å². The number of phenolic OH excluding ortho intramolecular Hbond substituents is 2. The molecule has 0 aliphatic rings. The molecule has 0 saturated heterocycles. The largest absolute Gasteiger partial charge is 1.00 e. The van der Waals surface area contributed by atoms with Crippen LogP contribution in [0.1, 0.15) is 25.0 Å². The van der Waals surface area contributed by atoms with Crippen LogP contribution in [0.15, 0.2) is 48.5 Å². The standard InChI is InChI=1S/C15H16O2.2Na.H2O4S/c1-15(2,11-3-7-13(16)8-4-11)12-5-9-14(17)10-6-12;;;1-5(2,3)4/h3-10,16-17H,1-2H3;;;(H2,1,2,3,4)/q;2*+1;/p-2.